The van der Waals surface area contributed by atoms with Crippen LogP contribution in [0.4, 0.5) is 5.69 Å². The Labute approximate surface area is 153 Å². The number of carbonyl (C=O) groups is 2. The molecule has 0 fully saturated rings. The number of hydrogen-bond donors (Lipinski definition) is 2. The second-order valence-corrected chi connectivity index (χ2v) is 7.11. The largest absolute Gasteiger partial charge is 0.351 e. The minimum Gasteiger partial charge on any atom is -0.351 e. The summed E-state index contributed by atoms with van der Waals surface area (Å²) in [6.45, 7) is 6.52. The summed E-state index contributed by atoms with van der Waals surface area (Å²) in [5.74, 6) is 0.366. The fourth-order valence-corrected chi connectivity index (χ4v) is 2.98. The van der Waals surface area contributed by atoms with E-state index < -0.39 is 0 Å². The molecule has 2 aromatic rings. The van der Waals surface area contributed by atoms with Crippen molar-refractivity contribution in [2.24, 2.45) is 0 Å². The normalized spacial score (nSPS) is 10.4. The smallest absolute Gasteiger partial charge is 0.234 e. The molecular weight excluding hydrogens is 332 g/mol. The molecule has 2 amide bonds. The summed E-state index contributed by atoms with van der Waals surface area (Å²) in [6.07, 6.45) is 0. The summed E-state index contributed by atoms with van der Waals surface area (Å²) >= 11 is 1.31. The van der Waals surface area contributed by atoms with Crippen molar-refractivity contribution in [3.8, 4) is 0 Å². The molecule has 0 unspecified atom stereocenters. The number of rotatable bonds is 7. The Morgan fingerprint density at radius 1 is 0.880 bits per heavy atom. The lowest BCUT2D eigenvalue weighted by Gasteiger charge is -2.09. The van der Waals surface area contributed by atoms with Crippen molar-refractivity contribution < 1.29 is 9.59 Å². The van der Waals surface area contributed by atoms with Crippen LogP contribution in [0.1, 0.15) is 22.3 Å². The number of amides is 2. The quantitative estimate of drug-likeness (QED) is 0.797. The number of hydrogen-bond acceptors (Lipinski definition) is 3. The molecule has 0 heterocycles. The second kappa shape index (κ2) is 9.28. The maximum absolute atomic E-state index is 12.0. The van der Waals surface area contributed by atoms with Gasteiger partial charge < -0.3 is 10.6 Å². The minimum atomic E-state index is -0.0942. The highest BCUT2D eigenvalue weighted by molar-refractivity contribution is 8.00. The highest BCUT2D eigenvalue weighted by Gasteiger charge is 2.07. The summed E-state index contributed by atoms with van der Waals surface area (Å²) in [5, 5.41) is 5.75. The Kier molecular flexibility index (Phi) is 7.07. The van der Waals surface area contributed by atoms with E-state index in [1.54, 1.807) is 0 Å². The predicted molar refractivity (Wildman–Crippen MR) is 105 cm³/mol. The molecule has 25 heavy (non-hydrogen) atoms. The van der Waals surface area contributed by atoms with Gasteiger partial charge in [0, 0.05) is 12.2 Å². The second-order valence-electron chi connectivity index (χ2n) is 6.12. The van der Waals surface area contributed by atoms with E-state index in [1.165, 1.54) is 17.3 Å². The van der Waals surface area contributed by atoms with Crippen LogP contribution in [0.5, 0.6) is 0 Å². The highest BCUT2D eigenvalue weighted by Crippen LogP contribution is 2.16. The van der Waals surface area contributed by atoms with Crippen molar-refractivity contribution in [2.75, 3.05) is 16.8 Å². The van der Waals surface area contributed by atoms with Gasteiger partial charge in [0.25, 0.3) is 0 Å². The van der Waals surface area contributed by atoms with Crippen LogP contribution in [-0.4, -0.2) is 23.3 Å². The molecule has 2 aromatic carbocycles. The summed E-state index contributed by atoms with van der Waals surface area (Å²) in [4.78, 5) is 23.8. The molecular formula is C20H24N2O2S. The van der Waals surface area contributed by atoms with E-state index in [4.69, 9.17) is 0 Å². The standard InChI is InChI=1S/C20H24N2O2S/c1-14-4-7-17(8-5-14)11-21-19(23)12-25-13-20(24)22-18-9-6-15(2)10-16(18)3/h4-10H,11-13H2,1-3H3,(H,21,23)(H,22,24). The van der Waals surface area contributed by atoms with Gasteiger partial charge in [-0.1, -0.05) is 47.5 Å². The number of carbonyl (C=O) groups excluding carboxylic acids is 2. The zero-order valence-corrected chi connectivity index (χ0v) is 15.7. The van der Waals surface area contributed by atoms with Gasteiger partial charge in [0.05, 0.1) is 11.5 Å². The fourth-order valence-electron chi connectivity index (χ4n) is 2.33. The third-order valence-electron chi connectivity index (χ3n) is 3.73. The van der Waals surface area contributed by atoms with E-state index in [1.807, 2.05) is 63.2 Å². The molecule has 2 rings (SSSR count). The third-order valence-corrected chi connectivity index (χ3v) is 4.67. The van der Waals surface area contributed by atoms with Gasteiger partial charge in [-0.2, -0.15) is 0 Å². The van der Waals surface area contributed by atoms with Gasteiger partial charge in [-0.05, 0) is 38.0 Å². The number of anilines is 1. The van der Waals surface area contributed by atoms with Crippen molar-refractivity contribution in [1.29, 1.82) is 0 Å². The van der Waals surface area contributed by atoms with Crippen molar-refractivity contribution in [2.45, 2.75) is 27.3 Å². The molecule has 0 aliphatic carbocycles. The number of benzene rings is 2. The van der Waals surface area contributed by atoms with E-state index in [9.17, 15) is 9.59 Å². The molecule has 0 saturated heterocycles. The van der Waals surface area contributed by atoms with E-state index in [0.29, 0.717) is 6.54 Å². The third kappa shape index (κ3) is 6.63. The average molecular weight is 356 g/mol. The van der Waals surface area contributed by atoms with Crippen molar-refractivity contribution in [3.63, 3.8) is 0 Å². The molecule has 0 saturated carbocycles. The van der Waals surface area contributed by atoms with Crippen LogP contribution in [0.2, 0.25) is 0 Å². The molecule has 0 radical (unpaired) electrons. The molecule has 2 N–H and O–H groups in total. The van der Waals surface area contributed by atoms with Gasteiger partial charge >= 0.3 is 0 Å². The maximum Gasteiger partial charge on any atom is 0.234 e. The van der Waals surface area contributed by atoms with E-state index in [-0.39, 0.29) is 23.3 Å². The average Bonchev–Trinajstić information content (AvgIpc) is 2.57. The van der Waals surface area contributed by atoms with Crippen LogP contribution in [0, 0.1) is 20.8 Å². The highest BCUT2D eigenvalue weighted by atomic mass is 32.2. The molecule has 5 heteroatoms. The number of thioether (sulfide) groups is 1. The Bertz CT molecular complexity index is 742. The molecule has 4 nitrogen and oxygen atoms in total. The monoisotopic (exact) mass is 356 g/mol. The molecule has 0 bridgehead atoms. The topological polar surface area (TPSA) is 58.2 Å². The Morgan fingerprint density at radius 2 is 1.52 bits per heavy atom. The van der Waals surface area contributed by atoms with Gasteiger partial charge in [-0.25, -0.2) is 0 Å². The zero-order chi connectivity index (χ0) is 18.2. The SMILES string of the molecule is Cc1ccc(CNC(=O)CSCC(=O)Nc2ccc(C)cc2C)cc1. The summed E-state index contributed by atoms with van der Waals surface area (Å²) in [5.41, 5.74) is 5.28. The first-order valence-corrected chi connectivity index (χ1v) is 9.36. The lowest BCUT2D eigenvalue weighted by atomic mass is 10.1. The van der Waals surface area contributed by atoms with Crippen molar-refractivity contribution in [1.82, 2.24) is 5.32 Å². The Morgan fingerprint density at radius 3 is 2.20 bits per heavy atom. The summed E-state index contributed by atoms with van der Waals surface area (Å²) in [7, 11) is 0. The van der Waals surface area contributed by atoms with Gasteiger partial charge in [0.1, 0.15) is 0 Å². The molecule has 0 aliphatic rings. The van der Waals surface area contributed by atoms with Crippen LogP contribution in [-0.2, 0) is 16.1 Å². The van der Waals surface area contributed by atoms with Gasteiger partial charge in [-0.3, -0.25) is 9.59 Å². The molecule has 0 atom stereocenters. The predicted octanol–water partition coefficient (Wildman–Crippen LogP) is 3.60. The molecule has 0 aliphatic heterocycles. The number of nitrogens with one attached hydrogen (secondary N) is 2. The van der Waals surface area contributed by atoms with Crippen molar-refractivity contribution >= 4 is 29.3 Å². The zero-order valence-electron chi connectivity index (χ0n) is 14.9. The maximum atomic E-state index is 12.0. The van der Waals surface area contributed by atoms with Crippen LogP contribution in [0.3, 0.4) is 0 Å². The first-order valence-electron chi connectivity index (χ1n) is 8.21. The molecule has 132 valence electrons. The van der Waals surface area contributed by atoms with Crippen LogP contribution in [0.25, 0.3) is 0 Å². The van der Waals surface area contributed by atoms with E-state index in [2.05, 4.69) is 10.6 Å². The van der Waals surface area contributed by atoms with E-state index >= 15 is 0 Å². The Balaban J connectivity index is 1.68. The first-order chi connectivity index (χ1) is 11.9. The minimum absolute atomic E-state index is 0.0649. The summed E-state index contributed by atoms with van der Waals surface area (Å²) in [6, 6.07) is 13.9. The van der Waals surface area contributed by atoms with Gasteiger partial charge in [-0.15, -0.1) is 11.8 Å². The lowest BCUT2D eigenvalue weighted by Crippen LogP contribution is -2.25. The fraction of sp³-hybridized carbons (Fsp3) is 0.300. The van der Waals surface area contributed by atoms with E-state index in [0.717, 1.165) is 22.4 Å². The Hall–Kier alpha value is -2.27. The van der Waals surface area contributed by atoms with Crippen molar-refractivity contribution in [3.05, 3.63) is 64.7 Å². The first kappa shape index (κ1) is 19.1. The van der Waals surface area contributed by atoms with Gasteiger partial charge in [0.2, 0.25) is 11.8 Å². The van der Waals surface area contributed by atoms with Crippen LogP contribution in [0.15, 0.2) is 42.5 Å². The lowest BCUT2D eigenvalue weighted by molar-refractivity contribution is -0.118. The molecule has 0 aromatic heterocycles. The van der Waals surface area contributed by atoms with Gasteiger partial charge in [0.15, 0.2) is 0 Å². The van der Waals surface area contributed by atoms with Crippen LogP contribution >= 0.6 is 11.8 Å². The molecule has 0 spiro atoms. The summed E-state index contributed by atoms with van der Waals surface area (Å²) < 4.78 is 0. The number of aryl methyl sites for hydroxylation is 3. The van der Waals surface area contributed by atoms with Crippen LogP contribution < -0.4 is 10.6 Å².